The summed E-state index contributed by atoms with van der Waals surface area (Å²) in [6.45, 7) is 5.57. The maximum atomic E-state index is 13.2. The molecule has 0 bridgehead atoms. The molecule has 182 valence electrons. The van der Waals surface area contributed by atoms with Gasteiger partial charge in [-0.05, 0) is 51.0 Å². The molecule has 0 spiro atoms. The summed E-state index contributed by atoms with van der Waals surface area (Å²) in [5.41, 5.74) is 1.38. The van der Waals surface area contributed by atoms with Crippen LogP contribution in [0.25, 0.3) is 5.70 Å². The number of nitrogens with one attached hydrogen (secondary N) is 2. The first-order valence-corrected chi connectivity index (χ1v) is 12.0. The van der Waals surface area contributed by atoms with Gasteiger partial charge in [0.1, 0.15) is 11.4 Å². The van der Waals surface area contributed by atoms with Crippen LogP contribution < -0.4 is 15.4 Å². The van der Waals surface area contributed by atoms with Gasteiger partial charge in [-0.25, -0.2) is 13.8 Å². The van der Waals surface area contributed by atoms with E-state index in [1.807, 2.05) is 30.3 Å². The van der Waals surface area contributed by atoms with E-state index in [-0.39, 0.29) is 17.5 Å². The van der Waals surface area contributed by atoms with Crippen molar-refractivity contribution in [3.8, 4) is 5.75 Å². The Morgan fingerprint density at radius 1 is 1.06 bits per heavy atom. The number of benzene rings is 2. The Morgan fingerprint density at radius 3 is 2.38 bits per heavy atom. The van der Waals surface area contributed by atoms with Crippen molar-refractivity contribution in [2.75, 3.05) is 20.8 Å². The van der Waals surface area contributed by atoms with Crippen LogP contribution in [0.2, 0.25) is 0 Å². The van der Waals surface area contributed by atoms with Crippen LogP contribution in [0, 0.1) is 0 Å². The third kappa shape index (κ3) is 6.17. The quantitative estimate of drug-likeness (QED) is 0.552. The second kappa shape index (κ2) is 10.7. The molecular formula is C25H30N2O6S. The molecule has 34 heavy (non-hydrogen) atoms. The summed E-state index contributed by atoms with van der Waals surface area (Å²) in [6, 6.07) is 14.5. The number of rotatable bonds is 8. The lowest BCUT2D eigenvalue weighted by molar-refractivity contribution is -0.135. The number of hydrogen-bond donors (Lipinski definition) is 2. The predicted octanol–water partition coefficient (Wildman–Crippen LogP) is 3.38. The van der Waals surface area contributed by atoms with Gasteiger partial charge in [0.15, 0.2) is 4.91 Å². The van der Waals surface area contributed by atoms with Crippen LogP contribution >= 0.6 is 0 Å². The second-order valence-electron chi connectivity index (χ2n) is 8.74. The van der Waals surface area contributed by atoms with E-state index in [0.717, 1.165) is 5.56 Å². The minimum absolute atomic E-state index is 0.0288. The van der Waals surface area contributed by atoms with Crippen molar-refractivity contribution in [2.24, 2.45) is 0 Å². The lowest BCUT2D eigenvalue weighted by Gasteiger charge is -2.24. The van der Waals surface area contributed by atoms with Gasteiger partial charge in [0, 0.05) is 18.2 Å². The van der Waals surface area contributed by atoms with Crippen molar-refractivity contribution in [3.63, 3.8) is 0 Å². The molecule has 0 fully saturated rings. The fourth-order valence-corrected chi connectivity index (χ4v) is 4.89. The molecule has 2 aromatic rings. The molecule has 1 heterocycles. The van der Waals surface area contributed by atoms with Crippen LogP contribution in [-0.2, 0) is 31.5 Å². The second-order valence-corrected chi connectivity index (χ2v) is 10.1. The summed E-state index contributed by atoms with van der Waals surface area (Å²) in [5, 5.41) is 6.13. The number of amides is 1. The smallest absolute Gasteiger partial charge is 0.407 e. The van der Waals surface area contributed by atoms with Crippen molar-refractivity contribution >= 4 is 28.6 Å². The summed E-state index contributed by atoms with van der Waals surface area (Å²) in [6.07, 6.45) is -0.0211. The zero-order valence-corrected chi connectivity index (χ0v) is 20.8. The highest BCUT2D eigenvalue weighted by Gasteiger charge is 2.35. The number of esters is 1. The number of hydrogen-bond acceptors (Lipinski definition) is 7. The number of fused-ring (bicyclic) bond motifs is 1. The molecule has 2 atom stereocenters. The summed E-state index contributed by atoms with van der Waals surface area (Å²) in [5.74, 6) is -0.123. The monoisotopic (exact) mass is 486 g/mol. The number of ether oxygens (including phenoxy) is 3. The number of carbonyl (C=O) groups excluding carboxylic acids is 2. The first-order chi connectivity index (χ1) is 16.1. The van der Waals surface area contributed by atoms with E-state index in [4.69, 9.17) is 14.2 Å². The molecule has 1 aliphatic rings. The maximum absolute atomic E-state index is 13.2. The van der Waals surface area contributed by atoms with Crippen molar-refractivity contribution in [3.05, 3.63) is 64.6 Å². The van der Waals surface area contributed by atoms with Gasteiger partial charge in [-0.15, -0.1) is 0 Å². The molecule has 1 unspecified atom stereocenters. The molecule has 0 aromatic heterocycles. The Kier molecular flexibility index (Phi) is 7.98. The van der Waals surface area contributed by atoms with Crippen molar-refractivity contribution in [1.29, 1.82) is 0 Å². The van der Waals surface area contributed by atoms with Gasteiger partial charge in [0.2, 0.25) is 0 Å². The van der Waals surface area contributed by atoms with E-state index < -0.39 is 28.5 Å². The molecule has 0 saturated heterocycles. The maximum Gasteiger partial charge on any atom is 0.407 e. The largest absolute Gasteiger partial charge is 0.497 e. The molecule has 0 aliphatic carbocycles. The molecule has 8 nitrogen and oxygen atoms in total. The van der Waals surface area contributed by atoms with E-state index in [2.05, 4.69) is 10.6 Å². The zero-order chi connectivity index (χ0) is 24.9. The Labute approximate surface area is 202 Å². The van der Waals surface area contributed by atoms with E-state index in [0.29, 0.717) is 28.3 Å². The van der Waals surface area contributed by atoms with Crippen LogP contribution in [0.4, 0.5) is 4.79 Å². The normalized spacial score (nSPS) is 15.9. The van der Waals surface area contributed by atoms with E-state index in [1.54, 1.807) is 39.0 Å². The van der Waals surface area contributed by atoms with E-state index in [9.17, 15) is 13.8 Å². The summed E-state index contributed by atoms with van der Waals surface area (Å²) in [4.78, 5) is 25.4. The Morgan fingerprint density at radius 2 is 1.76 bits per heavy atom. The highest BCUT2D eigenvalue weighted by molar-refractivity contribution is 7.90. The lowest BCUT2D eigenvalue weighted by Crippen LogP contribution is -2.43. The zero-order valence-electron chi connectivity index (χ0n) is 20.0. The molecule has 0 saturated carbocycles. The van der Waals surface area contributed by atoms with Gasteiger partial charge < -0.3 is 24.8 Å². The Balaban J connectivity index is 1.95. The van der Waals surface area contributed by atoms with Gasteiger partial charge in [-0.1, -0.05) is 30.3 Å². The average molecular weight is 487 g/mol. The van der Waals surface area contributed by atoms with Crippen molar-refractivity contribution < 1.29 is 28.0 Å². The number of alkyl carbamates (subject to hydrolysis) is 1. The van der Waals surface area contributed by atoms with Crippen LogP contribution in [0.15, 0.2) is 58.3 Å². The third-order valence-corrected chi connectivity index (χ3v) is 6.50. The SMILES string of the molecule is COC(=O)C1=C(N[C@@H](CNC(=O)OC(C)(C)C)Cc2ccccc2)c2cc(OC)ccc2S1=O. The summed E-state index contributed by atoms with van der Waals surface area (Å²) >= 11 is 0. The molecular weight excluding hydrogens is 456 g/mol. The molecule has 3 rings (SSSR count). The highest BCUT2D eigenvalue weighted by Crippen LogP contribution is 2.38. The number of carbonyl (C=O) groups is 2. The molecule has 0 radical (unpaired) electrons. The Bertz CT molecular complexity index is 1110. The molecule has 2 aromatic carbocycles. The topological polar surface area (TPSA) is 103 Å². The first-order valence-electron chi connectivity index (χ1n) is 10.8. The van der Waals surface area contributed by atoms with Gasteiger partial charge in [-0.2, -0.15) is 0 Å². The molecule has 1 aliphatic heterocycles. The molecule has 9 heteroatoms. The predicted molar refractivity (Wildman–Crippen MR) is 130 cm³/mol. The molecule has 2 N–H and O–H groups in total. The summed E-state index contributed by atoms with van der Waals surface area (Å²) < 4.78 is 28.8. The highest BCUT2D eigenvalue weighted by atomic mass is 32.2. The van der Waals surface area contributed by atoms with Gasteiger partial charge in [-0.3, -0.25) is 0 Å². The van der Waals surface area contributed by atoms with Crippen molar-refractivity contribution in [2.45, 2.75) is 43.7 Å². The standard InChI is InChI=1S/C25H30N2O6S/c1-25(2,3)33-24(29)26-15-17(13-16-9-7-6-8-10-16)27-21-19-14-18(31-4)11-12-20(19)34(30)22(21)23(28)32-5/h6-12,14,17,27H,13,15H2,1-5H3,(H,26,29)/t17-,34?/m1/s1. The third-order valence-electron chi connectivity index (χ3n) is 5.00. The van der Waals surface area contributed by atoms with Gasteiger partial charge >= 0.3 is 12.1 Å². The van der Waals surface area contributed by atoms with Crippen molar-refractivity contribution in [1.82, 2.24) is 10.6 Å². The molecule has 1 amide bonds. The summed E-state index contributed by atoms with van der Waals surface area (Å²) in [7, 11) is 1.07. The van der Waals surface area contributed by atoms with E-state index in [1.165, 1.54) is 14.2 Å². The number of methoxy groups -OCH3 is 2. The fourth-order valence-electron chi connectivity index (χ4n) is 3.53. The van der Waals surface area contributed by atoms with Crippen LogP contribution in [0.3, 0.4) is 0 Å². The van der Waals surface area contributed by atoms with Gasteiger partial charge in [0.05, 0.1) is 35.6 Å². The minimum atomic E-state index is -1.72. The van der Waals surface area contributed by atoms with E-state index >= 15 is 0 Å². The van der Waals surface area contributed by atoms with Crippen LogP contribution in [-0.4, -0.2) is 48.7 Å². The van der Waals surface area contributed by atoms with Gasteiger partial charge in [0.25, 0.3) is 0 Å². The Hall–Kier alpha value is -3.33. The lowest BCUT2D eigenvalue weighted by atomic mass is 10.0. The first kappa shape index (κ1) is 25.3. The van der Waals surface area contributed by atoms with Crippen LogP contribution in [0.5, 0.6) is 5.75 Å². The minimum Gasteiger partial charge on any atom is -0.497 e. The van der Waals surface area contributed by atoms with Crippen LogP contribution in [0.1, 0.15) is 31.9 Å². The fraction of sp³-hybridized carbons (Fsp3) is 0.360. The average Bonchev–Trinajstić information content (AvgIpc) is 3.07.